The van der Waals surface area contributed by atoms with E-state index in [1.165, 1.54) is 0 Å². The number of fused-ring (bicyclic) bond motifs is 1. The lowest BCUT2D eigenvalue weighted by Gasteiger charge is -2.45. The Labute approximate surface area is 146 Å². The second-order valence-electron chi connectivity index (χ2n) is 6.95. The summed E-state index contributed by atoms with van der Waals surface area (Å²) in [6.45, 7) is 7.72. The van der Waals surface area contributed by atoms with Crippen LogP contribution in [0.2, 0.25) is 0 Å². The van der Waals surface area contributed by atoms with Crippen molar-refractivity contribution in [2.45, 2.75) is 31.4 Å². The molecule has 0 aliphatic carbocycles. The summed E-state index contributed by atoms with van der Waals surface area (Å²) in [6, 6.07) is 12.4. The molecule has 2 aromatic carbocycles. The molecule has 1 fully saturated rings. The van der Waals surface area contributed by atoms with E-state index >= 15 is 0 Å². The lowest BCUT2D eigenvalue weighted by atomic mass is 9.92. The van der Waals surface area contributed by atoms with Gasteiger partial charge in [0.1, 0.15) is 5.75 Å². The molecule has 0 aromatic heterocycles. The van der Waals surface area contributed by atoms with E-state index in [9.17, 15) is 0 Å². The molecular weight excluding hydrogens is 356 g/mol. The third kappa shape index (κ3) is 3.12. The van der Waals surface area contributed by atoms with E-state index in [0.29, 0.717) is 13.2 Å². The summed E-state index contributed by atoms with van der Waals surface area (Å²) in [5.74, 6) is 0.115. The van der Waals surface area contributed by atoms with E-state index in [-0.39, 0.29) is 10.2 Å². The molecule has 3 rings (SSSR count). The number of halogens is 1. The molecule has 0 spiro atoms. The number of benzene rings is 2. The van der Waals surface area contributed by atoms with Crippen LogP contribution in [0.4, 0.5) is 0 Å². The highest BCUT2D eigenvalue weighted by atomic mass is 79.9. The van der Waals surface area contributed by atoms with Gasteiger partial charge < -0.3 is 14.2 Å². The molecule has 0 radical (unpaired) electrons. The molecule has 1 saturated heterocycles. The van der Waals surface area contributed by atoms with Gasteiger partial charge >= 0.3 is 0 Å². The largest absolute Gasteiger partial charge is 0.497 e. The van der Waals surface area contributed by atoms with E-state index in [2.05, 4.69) is 61.0 Å². The number of rotatable bonds is 3. The van der Waals surface area contributed by atoms with E-state index < -0.39 is 5.79 Å². The minimum atomic E-state index is -0.746. The Morgan fingerprint density at radius 2 is 1.65 bits per heavy atom. The van der Waals surface area contributed by atoms with Gasteiger partial charge in [0, 0.05) is 11.0 Å². The Kier molecular flexibility index (Phi) is 4.43. The number of hydrogen-bond acceptors (Lipinski definition) is 3. The van der Waals surface area contributed by atoms with Gasteiger partial charge in [0.15, 0.2) is 0 Å². The molecule has 124 valence electrons. The quantitative estimate of drug-likeness (QED) is 0.713. The van der Waals surface area contributed by atoms with Gasteiger partial charge in [-0.2, -0.15) is 0 Å². The SMILES string of the molecule is COc1ccc2cc(C3(C(C)Br)OCC(C)(C)CO3)ccc2c1. The number of hydrogen-bond donors (Lipinski definition) is 0. The molecule has 2 aromatic rings. The van der Waals surface area contributed by atoms with Crippen LogP contribution in [0.5, 0.6) is 5.75 Å². The molecule has 1 unspecified atom stereocenters. The zero-order valence-electron chi connectivity index (χ0n) is 14.1. The zero-order valence-corrected chi connectivity index (χ0v) is 15.6. The molecule has 4 heteroatoms. The van der Waals surface area contributed by atoms with Crippen molar-refractivity contribution < 1.29 is 14.2 Å². The van der Waals surface area contributed by atoms with Crippen molar-refractivity contribution in [3.63, 3.8) is 0 Å². The highest BCUT2D eigenvalue weighted by Gasteiger charge is 2.45. The maximum absolute atomic E-state index is 6.23. The topological polar surface area (TPSA) is 27.7 Å². The summed E-state index contributed by atoms with van der Waals surface area (Å²) in [7, 11) is 1.68. The van der Waals surface area contributed by atoms with Gasteiger partial charge in [-0.1, -0.05) is 48.0 Å². The number of ether oxygens (including phenoxy) is 3. The fourth-order valence-corrected chi connectivity index (χ4v) is 3.41. The van der Waals surface area contributed by atoms with Crippen molar-refractivity contribution in [1.82, 2.24) is 0 Å². The van der Waals surface area contributed by atoms with Crippen molar-refractivity contribution in [3.8, 4) is 5.75 Å². The Balaban J connectivity index is 2.02. The first kappa shape index (κ1) is 16.7. The third-order valence-electron chi connectivity index (χ3n) is 4.33. The fourth-order valence-electron chi connectivity index (χ4n) is 2.88. The molecule has 1 atom stereocenters. The minimum absolute atomic E-state index is 0.0373. The lowest BCUT2D eigenvalue weighted by molar-refractivity contribution is -0.305. The van der Waals surface area contributed by atoms with Crippen molar-refractivity contribution in [1.29, 1.82) is 0 Å². The summed E-state index contributed by atoms with van der Waals surface area (Å²) >= 11 is 3.68. The van der Waals surface area contributed by atoms with Gasteiger partial charge in [-0.15, -0.1) is 0 Å². The van der Waals surface area contributed by atoms with Gasteiger partial charge in [0.05, 0.1) is 25.2 Å². The Morgan fingerprint density at radius 3 is 2.26 bits per heavy atom. The fraction of sp³-hybridized carbons (Fsp3) is 0.474. The van der Waals surface area contributed by atoms with Crippen LogP contribution >= 0.6 is 15.9 Å². The first-order valence-corrected chi connectivity index (χ1v) is 8.78. The van der Waals surface area contributed by atoms with Crippen molar-refractivity contribution in [3.05, 3.63) is 42.0 Å². The van der Waals surface area contributed by atoms with E-state index in [1.54, 1.807) is 7.11 Å². The lowest BCUT2D eigenvalue weighted by Crippen LogP contribution is -2.49. The summed E-state index contributed by atoms with van der Waals surface area (Å²) in [4.78, 5) is 0.0433. The molecular formula is C19H23BrO3. The van der Waals surface area contributed by atoms with Crippen LogP contribution in [0.1, 0.15) is 26.3 Å². The van der Waals surface area contributed by atoms with E-state index in [0.717, 1.165) is 22.1 Å². The number of alkyl halides is 1. The average Bonchev–Trinajstić information content (AvgIpc) is 2.54. The molecule has 0 N–H and O–H groups in total. The third-order valence-corrected chi connectivity index (χ3v) is 4.93. The summed E-state index contributed by atoms with van der Waals surface area (Å²) in [6.07, 6.45) is 0. The van der Waals surface area contributed by atoms with Crippen molar-refractivity contribution >= 4 is 26.7 Å². The van der Waals surface area contributed by atoms with Crippen LogP contribution in [0.25, 0.3) is 10.8 Å². The molecule has 1 aliphatic rings. The smallest absolute Gasteiger partial charge is 0.207 e. The summed E-state index contributed by atoms with van der Waals surface area (Å²) in [5, 5.41) is 2.29. The highest BCUT2D eigenvalue weighted by molar-refractivity contribution is 9.09. The molecule has 23 heavy (non-hydrogen) atoms. The second-order valence-corrected chi connectivity index (χ2v) is 8.33. The molecule has 0 amide bonds. The molecule has 0 bridgehead atoms. The Hall–Kier alpha value is -1.10. The van der Waals surface area contributed by atoms with Gasteiger partial charge in [0.2, 0.25) is 5.79 Å². The predicted molar refractivity (Wildman–Crippen MR) is 96.3 cm³/mol. The second kappa shape index (κ2) is 6.08. The summed E-state index contributed by atoms with van der Waals surface area (Å²) in [5.41, 5.74) is 1.07. The first-order valence-electron chi connectivity index (χ1n) is 7.87. The van der Waals surface area contributed by atoms with Crippen LogP contribution in [-0.4, -0.2) is 25.2 Å². The van der Waals surface area contributed by atoms with Gasteiger partial charge in [0.25, 0.3) is 0 Å². The van der Waals surface area contributed by atoms with Crippen LogP contribution < -0.4 is 4.74 Å². The van der Waals surface area contributed by atoms with Crippen LogP contribution in [0.3, 0.4) is 0 Å². The van der Waals surface area contributed by atoms with Crippen LogP contribution in [0, 0.1) is 5.41 Å². The standard InChI is InChI=1S/C19H23BrO3/c1-13(20)19(22-11-18(2,3)12-23-19)16-7-5-15-10-17(21-4)8-6-14(15)9-16/h5-10,13H,11-12H2,1-4H3. The molecule has 1 heterocycles. The molecule has 1 aliphatic heterocycles. The number of methoxy groups -OCH3 is 1. The van der Waals surface area contributed by atoms with Crippen molar-refractivity contribution in [2.24, 2.45) is 5.41 Å². The normalized spacial score (nSPS) is 21.1. The first-order chi connectivity index (χ1) is 10.9. The highest BCUT2D eigenvalue weighted by Crippen LogP contribution is 2.42. The Bertz CT molecular complexity index is 699. The van der Waals surface area contributed by atoms with E-state index in [4.69, 9.17) is 14.2 Å². The monoisotopic (exact) mass is 378 g/mol. The van der Waals surface area contributed by atoms with Crippen LogP contribution in [-0.2, 0) is 15.3 Å². The van der Waals surface area contributed by atoms with Crippen LogP contribution in [0.15, 0.2) is 36.4 Å². The molecule has 3 nitrogen and oxygen atoms in total. The minimum Gasteiger partial charge on any atom is -0.497 e. The van der Waals surface area contributed by atoms with Crippen molar-refractivity contribution in [2.75, 3.05) is 20.3 Å². The maximum Gasteiger partial charge on any atom is 0.207 e. The predicted octanol–water partition coefficient (Wildman–Crippen LogP) is 4.86. The van der Waals surface area contributed by atoms with E-state index in [1.807, 2.05) is 12.1 Å². The Morgan fingerprint density at radius 1 is 1.04 bits per heavy atom. The summed E-state index contributed by atoms with van der Waals surface area (Å²) < 4.78 is 17.7. The maximum atomic E-state index is 6.23. The van der Waals surface area contributed by atoms with Gasteiger partial charge in [-0.05, 0) is 35.9 Å². The zero-order chi connectivity index (χ0) is 16.7. The van der Waals surface area contributed by atoms with Gasteiger partial charge in [-0.3, -0.25) is 0 Å². The average molecular weight is 379 g/mol. The molecule has 0 saturated carbocycles. The van der Waals surface area contributed by atoms with Gasteiger partial charge in [-0.25, -0.2) is 0 Å².